The van der Waals surface area contributed by atoms with E-state index in [1.807, 2.05) is 0 Å². The summed E-state index contributed by atoms with van der Waals surface area (Å²) in [5.74, 6) is 0.551. The predicted octanol–water partition coefficient (Wildman–Crippen LogP) is 0.176. The molecule has 0 aliphatic rings. The summed E-state index contributed by atoms with van der Waals surface area (Å²) in [5, 5.41) is 6.72. The van der Waals surface area contributed by atoms with Gasteiger partial charge < -0.3 is 4.42 Å². The number of hydrogen-bond acceptors (Lipinski definition) is 3. The smallest absolute Gasteiger partial charge is 0.0550 e. The monoisotopic (exact) mass is 270 g/mol. The van der Waals surface area contributed by atoms with Gasteiger partial charge >= 0.3 is 0 Å². The first-order valence-electron chi connectivity index (χ1n) is 1.56. The second kappa shape index (κ2) is 2.89. The van der Waals surface area contributed by atoms with E-state index in [0.29, 0.717) is 5.89 Å². The molecule has 0 aliphatic carbocycles. The maximum atomic E-state index is 4.49. The summed E-state index contributed by atoms with van der Waals surface area (Å²) in [6.07, 6.45) is 2.19. The Morgan fingerprint density at radius 1 is 1.71 bits per heavy atom. The molecule has 0 unspecified atom stereocenters. The van der Waals surface area contributed by atoms with E-state index in [2.05, 4.69) is 21.0 Å². The van der Waals surface area contributed by atoms with Crippen molar-refractivity contribution in [3.8, 4) is 0 Å². The van der Waals surface area contributed by atoms with Crippen LogP contribution in [0.3, 0.4) is 0 Å². The summed E-state index contributed by atoms with van der Waals surface area (Å²) in [6.45, 7) is 1.71. The predicted molar refractivity (Wildman–Crippen MR) is 17.9 cm³/mol. The van der Waals surface area contributed by atoms with Crippen LogP contribution in [-0.4, -0.2) is 10.2 Å². The maximum Gasteiger partial charge on any atom is 0.0550 e. The van der Waals surface area contributed by atoms with Gasteiger partial charge in [-0.2, -0.15) is 0 Å². The first-order valence-corrected chi connectivity index (χ1v) is 1.56. The molecular weight excluding hydrogens is 266 g/mol. The molecule has 0 saturated carbocycles. The van der Waals surface area contributed by atoms with Crippen molar-refractivity contribution in [2.24, 2.45) is 0 Å². The Balaban J connectivity index is 0.000000360. The van der Waals surface area contributed by atoms with Gasteiger partial charge in [0, 0.05) is 20.4 Å². The van der Waals surface area contributed by atoms with E-state index in [-0.39, 0.29) is 20.4 Å². The van der Waals surface area contributed by atoms with Crippen LogP contribution in [0.1, 0.15) is 5.89 Å². The molecule has 0 N–H and O–H groups in total. The summed E-state index contributed by atoms with van der Waals surface area (Å²) in [7, 11) is 0. The minimum Gasteiger partial charge on any atom is -0.613 e. The van der Waals surface area contributed by atoms with Gasteiger partial charge in [0.05, 0.1) is 12.3 Å². The van der Waals surface area contributed by atoms with Crippen LogP contribution in [0, 0.1) is 13.3 Å². The average Bonchev–Trinajstić information content (AvgIpc) is 1.86. The zero-order valence-corrected chi connectivity index (χ0v) is 6.40. The first-order chi connectivity index (χ1) is 2.89. The van der Waals surface area contributed by atoms with Crippen molar-refractivity contribution in [1.82, 2.24) is 10.2 Å². The maximum absolute atomic E-state index is 4.49. The van der Waals surface area contributed by atoms with Crippen LogP contribution in [0.25, 0.3) is 0 Å². The average molecular weight is 269 g/mol. The van der Waals surface area contributed by atoms with Gasteiger partial charge in [-0.05, 0) is 0 Å². The molecule has 0 bridgehead atoms. The van der Waals surface area contributed by atoms with Gasteiger partial charge in [0.2, 0.25) is 0 Å². The molecule has 0 amide bonds. The minimum atomic E-state index is 0. The molecule has 7 heavy (non-hydrogen) atoms. The van der Waals surface area contributed by atoms with E-state index in [1.165, 1.54) is 0 Å². The van der Waals surface area contributed by atoms with Gasteiger partial charge in [-0.25, -0.2) is 10.2 Å². The Labute approximate surface area is 54.8 Å². The summed E-state index contributed by atoms with van der Waals surface area (Å²) in [6, 6.07) is 0. The molecule has 4 heteroatoms. The van der Waals surface area contributed by atoms with Crippen molar-refractivity contribution in [3.63, 3.8) is 0 Å². The second-order valence-corrected chi connectivity index (χ2v) is 0.912. The molecule has 0 atom stereocenters. The van der Waals surface area contributed by atoms with Crippen LogP contribution >= 0.6 is 0 Å². The van der Waals surface area contributed by atoms with Crippen molar-refractivity contribution < 1.29 is 24.8 Å². The van der Waals surface area contributed by atoms with E-state index < -0.39 is 0 Å². The van der Waals surface area contributed by atoms with E-state index in [0.717, 1.165) is 0 Å². The van der Waals surface area contributed by atoms with Crippen molar-refractivity contribution in [3.05, 3.63) is 12.3 Å². The normalized spacial score (nSPS) is 7.57. The fraction of sp³-hybridized carbons (Fsp3) is 0.333. The molecule has 1 aromatic rings. The zero-order chi connectivity index (χ0) is 4.41. The first kappa shape index (κ1) is 6.80. The Morgan fingerprint density at radius 2 is 2.43 bits per heavy atom. The second-order valence-electron chi connectivity index (χ2n) is 0.912. The Hall–Kier alpha value is -0.198. The zero-order valence-electron chi connectivity index (χ0n) is 3.68. The van der Waals surface area contributed by atoms with Crippen LogP contribution in [0.4, 0.5) is 0 Å². The number of rotatable bonds is 0. The third-order valence-corrected chi connectivity index (χ3v) is 0.425. The molecule has 1 rings (SSSR count). The van der Waals surface area contributed by atoms with Gasteiger partial charge in [-0.3, -0.25) is 0 Å². The Kier molecular flexibility index (Phi) is 2.81. The van der Waals surface area contributed by atoms with Gasteiger partial charge in [0.25, 0.3) is 0 Å². The number of aryl methyl sites for hydroxylation is 1. The van der Waals surface area contributed by atoms with Crippen LogP contribution in [-0.2, 0) is 20.4 Å². The fourth-order valence-electron chi connectivity index (χ4n) is 0.198. The molecule has 0 aromatic carbocycles. The molecule has 1 aromatic heterocycles. The van der Waals surface area contributed by atoms with E-state index in [4.69, 9.17) is 0 Å². The largest absolute Gasteiger partial charge is 0.613 e. The summed E-state index contributed by atoms with van der Waals surface area (Å²) in [5.41, 5.74) is 0. The molecule has 3 nitrogen and oxygen atoms in total. The van der Waals surface area contributed by atoms with Crippen molar-refractivity contribution in [2.75, 3.05) is 0 Å². The molecule has 0 fully saturated rings. The summed E-state index contributed by atoms with van der Waals surface area (Å²) < 4.78 is 4.49. The van der Waals surface area contributed by atoms with E-state index in [9.17, 15) is 0 Å². The minimum absolute atomic E-state index is 0. The van der Waals surface area contributed by atoms with Gasteiger partial charge in [0.1, 0.15) is 0 Å². The van der Waals surface area contributed by atoms with Gasteiger partial charge in [0.15, 0.2) is 0 Å². The van der Waals surface area contributed by atoms with Crippen LogP contribution in [0.2, 0.25) is 0 Å². The number of hydrogen-bond donors (Lipinski definition) is 0. The van der Waals surface area contributed by atoms with Crippen LogP contribution in [0.5, 0.6) is 0 Å². The quantitative estimate of drug-likeness (QED) is 0.631. The van der Waals surface area contributed by atoms with Gasteiger partial charge in [-0.15, -0.1) is 0 Å². The standard InChI is InChI=1S/C3H3N2O.Re/c1-3-5-4-2-6-3;/h1H3;/q-1;. The third kappa shape index (κ3) is 1.81. The van der Waals surface area contributed by atoms with Crippen molar-refractivity contribution in [1.29, 1.82) is 0 Å². The molecule has 0 saturated heterocycles. The Morgan fingerprint density at radius 3 is 2.57 bits per heavy atom. The topological polar surface area (TPSA) is 38.9 Å². The number of nitrogens with zero attached hydrogens (tertiary/aromatic N) is 2. The summed E-state index contributed by atoms with van der Waals surface area (Å²) in [4.78, 5) is 0. The molecule has 39 valence electrons. The van der Waals surface area contributed by atoms with Crippen LogP contribution < -0.4 is 0 Å². The van der Waals surface area contributed by atoms with Gasteiger partial charge in [-0.1, -0.05) is 6.92 Å². The fourth-order valence-corrected chi connectivity index (χ4v) is 0.198. The van der Waals surface area contributed by atoms with E-state index in [1.54, 1.807) is 6.92 Å². The van der Waals surface area contributed by atoms with Crippen molar-refractivity contribution >= 4 is 0 Å². The molecule has 1 heterocycles. The molecule has 1 radical (unpaired) electrons. The van der Waals surface area contributed by atoms with E-state index >= 15 is 0 Å². The molecular formula is C3H3N2ORe-. The SMILES string of the molecule is Cc1nn[c-]o1.[Re]. The molecule has 0 aliphatic heterocycles. The Bertz CT molecular complexity index is 116. The summed E-state index contributed by atoms with van der Waals surface area (Å²) >= 11 is 0. The third-order valence-electron chi connectivity index (χ3n) is 0.425. The van der Waals surface area contributed by atoms with Crippen molar-refractivity contribution in [2.45, 2.75) is 6.92 Å². The molecule has 0 spiro atoms. The van der Waals surface area contributed by atoms with Crippen LogP contribution in [0.15, 0.2) is 4.42 Å². The number of aromatic nitrogens is 2.